The van der Waals surface area contributed by atoms with Crippen LogP contribution in [0.2, 0.25) is 0 Å². The molecular formula is C15H22N2O4. The topological polar surface area (TPSA) is 87.7 Å². The third kappa shape index (κ3) is 6.65. The molecule has 3 N–H and O–H groups in total. The number of ether oxygens (including phenoxy) is 1. The van der Waals surface area contributed by atoms with E-state index in [-0.39, 0.29) is 6.03 Å². The predicted molar refractivity (Wildman–Crippen MR) is 79.5 cm³/mol. The lowest BCUT2D eigenvalue weighted by Gasteiger charge is -2.09. The zero-order chi connectivity index (χ0) is 15.7. The molecule has 1 aromatic rings. The van der Waals surface area contributed by atoms with Crippen molar-refractivity contribution in [2.45, 2.75) is 19.8 Å². The molecule has 2 amide bonds. The Kier molecular flexibility index (Phi) is 7.08. The van der Waals surface area contributed by atoms with Gasteiger partial charge in [0.1, 0.15) is 5.75 Å². The maximum Gasteiger partial charge on any atom is 0.314 e. The molecule has 0 saturated carbocycles. The van der Waals surface area contributed by atoms with E-state index in [1.54, 1.807) is 14.0 Å². The van der Waals surface area contributed by atoms with E-state index in [0.29, 0.717) is 19.5 Å². The second-order valence-corrected chi connectivity index (χ2v) is 4.81. The first-order chi connectivity index (χ1) is 10.0. The van der Waals surface area contributed by atoms with Crippen molar-refractivity contribution in [3.63, 3.8) is 0 Å². The zero-order valence-corrected chi connectivity index (χ0v) is 12.4. The molecule has 0 radical (unpaired) electrons. The van der Waals surface area contributed by atoms with Gasteiger partial charge in [0.2, 0.25) is 0 Å². The Labute approximate surface area is 124 Å². The van der Waals surface area contributed by atoms with Crippen LogP contribution in [0, 0.1) is 5.92 Å². The van der Waals surface area contributed by atoms with Crippen molar-refractivity contribution < 1.29 is 19.4 Å². The molecule has 6 heteroatoms. The van der Waals surface area contributed by atoms with Gasteiger partial charge in [0.05, 0.1) is 13.0 Å². The fourth-order valence-electron chi connectivity index (χ4n) is 1.70. The Morgan fingerprint density at radius 3 is 2.38 bits per heavy atom. The van der Waals surface area contributed by atoms with E-state index in [4.69, 9.17) is 9.84 Å². The highest BCUT2D eigenvalue weighted by molar-refractivity contribution is 5.74. The summed E-state index contributed by atoms with van der Waals surface area (Å²) in [7, 11) is 1.62. The van der Waals surface area contributed by atoms with Crippen LogP contribution in [0.1, 0.15) is 18.9 Å². The summed E-state index contributed by atoms with van der Waals surface area (Å²) in [6.45, 7) is 2.49. The Hall–Kier alpha value is -2.24. The van der Waals surface area contributed by atoms with Gasteiger partial charge in [-0.25, -0.2) is 4.79 Å². The summed E-state index contributed by atoms with van der Waals surface area (Å²) in [5.74, 6) is -0.502. The SMILES string of the molecule is COc1ccc(CCNC(=O)NCCC(C)C(=O)O)cc1. The number of amides is 2. The van der Waals surface area contributed by atoms with Crippen LogP contribution >= 0.6 is 0 Å². The first kappa shape index (κ1) is 16.8. The van der Waals surface area contributed by atoms with E-state index >= 15 is 0 Å². The lowest BCUT2D eigenvalue weighted by Crippen LogP contribution is -2.37. The molecule has 0 fully saturated rings. The number of urea groups is 1. The minimum atomic E-state index is -0.850. The van der Waals surface area contributed by atoms with Crippen molar-refractivity contribution >= 4 is 12.0 Å². The number of methoxy groups -OCH3 is 1. The van der Waals surface area contributed by atoms with Crippen LogP contribution in [0.15, 0.2) is 24.3 Å². The van der Waals surface area contributed by atoms with Crippen LogP contribution in [0.4, 0.5) is 4.79 Å². The summed E-state index contributed by atoms with van der Waals surface area (Å²) in [5.41, 5.74) is 1.11. The maximum atomic E-state index is 11.5. The highest BCUT2D eigenvalue weighted by atomic mass is 16.5. The van der Waals surface area contributed by atoms with Crippen LogP contribution < -0.4 is 15.4 Å². The summed E-state index contributed by atoms with van der Waals surface area (Å²) >= 11 is 0. The molecule has 21 heavy (non-hydrogen) atoms. The molecule has 0 aromatic heterocycles. The number of benzene rings is 1. The fraction of sp³-hybridized carbons (Fsp3) is 0.467. The standard InChI is InChI=1S/C15H22N2O4/c1-11(14(18)19)7-9-16-15(20)17-10-8-12-3-5-13(21-2)6-4-12/h3-6,11H,7-10H2,1-2H3,(H,18,19)(H2,16,17,20). The number of hydrogen-bond acceptors (Lipinski definition) is 3. The molecule has 0 saturated heterocycles. The molecule has 0 heterocycles. The van der Waals surface area contributed by atoms with Crippen LogP contribution in [-0.2, 0) is 11.2 Å². The zero-order valence-electron chi connectivity index (χ0n) is 12.4. The molecule has 1 rings (SSSR count). The van der Waals surface area contributed by atoms with Crippen molar-refractivity contribution in [2.75, 3.05) is 20.2 Å². The van der Waals surface area contributed by atoms with Gasteiger partial charge in [-0.15, -0.1) is 0 Å². The van der Waals surface area contributed by atoms with Gasteiger partial charge in [-0.05, 0) is 30.5 Å². The van der Waals surface area contributed by atoms with Crippen LogP contribution in [-0.4, -0.2) is 37.3 Å². The van der Waals surface area contributed by atoms with Gasteiger partial charge >= 0.3 is 12.0 Å². The number of carboxylic acid groups (broad SMARTS) is 1. The molecule has 116 valence electrons. The van der Waals surface area contributed by atoms with Crippen molar-refractivity contribution in [3.8, 4) is 5.75 Å². The molecule has 1 aromatic carbocycles. The monoisotopic (exact) mass is 294 g/mol. The second-order valence-electron chi connectivity index (χ2n) is 4.81. The molecule has 0 spiro atoms. The fourth-order valence-corrected chi connectivity index (χ4v) is 1.70. The first-order valence-corrected chi connectivity index (χ1v) is 6.90. The van der Waals surface area contributed by atoms with Gasteiger partial charge in [-0.3, -0.25) is 4.79 Å². The number of hydrogen-bond donors (Lipinski definition) is 3. The number of aliphatic carboxylic acids is 1. The second kappa shape index (κ2) is 8.84. The highest BCUT2D eigenvalue weighted by Gasteiger charge is 2.10. The average molecular weight is 294 g/mol. The van der Waals surface area contributed by atoms with Crippen molar-refractivity contribution in [3.05, 3.63) is 29.8 Å². The Bertz CT molecular complexity index is 459. The first-order valence-electron chi connectivity index (χ1n) is 6.90. The maximum absolute atomic E-state index is 11.5. The third-order valence-corrected chi connectivity index (χ3v) is 3.14. The molecule has 1 unspecified atom stereocenters. The normalized spacial score (nSPS) is 11.5. The summed E-state index contributed by atoms with van der Waals surface area (Å²) in [4.78, 5) is 22.1. The molecule has 0 bridgehead atoms. The van der Waals surface area contributed by atoms with E-state index in [1.165, 1.54) is 0 Å². The molecule has 0 aliphatic heterocycles. The van der Waals surface area contributed by atoms with Crippen molar-refractivity contribution in [2.24, 2.45) is 5.92 Å². The van der Waals surface area contributed by atoms with Gasteiger partial charge in [-0.1, -0.05) is 19.1 Å². The van der Waals surface area contributed by atoms with Gasteiger partial charge in [0, 0.05) is 13.1 Å². The molecule has 0 aliphatic rings. The molecule has 0 aliphatic carbocycles. The minimum absolute atomic E-state index is 0.277. The van der Waals surface area contributed by atoms with E-state index in [0.717, 1.165) is 17.7 Å². The third-order valence-electron chi connectivity index (χ3n) is 3.14. The van der Waals surface area contributed by atoms with E-state index in [2.05, 4.69) is 10.6 Å². The number of rotatable bonds is 8. The van der Waals surface area contributed by atoms with E-state index in [1.807, 2.05) is 24.3 Å². The number of carboxylic acids is 1. The quantitative estimate of drug-likeness (QED) is 0.680. The van der Waals surface area contributed by atoms with Gasteiger partial charge in [0.25, 0.3) is 0 Å². The van der Waals surface area contributed by atoms with Gasteiger partial charge < -0.3 is 20.5 Å². The molecule has 1 atom stereocenters. The van der Waals surface area contributed by atoms with Crippen LogP contribution in [0.25, 0.3) is 0 Å². The van der Waals surface area contributed by atoms with Crippen LogP contribution in [0.3, 0.4) is 0 Å². The van der Waals surface area contributed by atoms with E-state index < -0.39 is 11.9 Å². The van der Waals surface area contributed by atoms with Crippen molar-refractivity contribution in [1.29, 1.82) is 0 Å². The smallest absolute Gasteiger partial charge is 0.314 e. The largest absolute Gasteiger partial charge is 0.497 e. The highest BCUT2D eigenvalue weighted by Crippen LogP contribution is 2.11. The molecule has 6 nitrogen and oxygen atoms in total. The lowest BCUT2D eigenvalue weighted by atomic mass is 10.1. The number of carbonyl (C=O) groups excluding carboxylic acids is 1. The summed E-state index contributed by atoms with van der Waals surface area (Å²) in [5, 5.41) is 14.1. The van der Waals surface area contributed by atoms with Crippen molar-refractivity contribution in [1.82, 2.24) is 10.6 Å². The molecular weight excluding hydrogens is 272 g/mol. The van der Waals surface area contributed by atoms with E-state index in [9.17, 15) is 9.59 Å². The Balaban J connectivity index is 2.16. The van der Waals surface area contributed by atoms with Crippen LogP contribution in [0.5, 0.6) is 5.75 Å². The average Bonchev–Trinajstić information content (AvgIpc) is 2.47. The lowest BCUT2D eigenvalue weighted by molar-refractivity contribution is -0.141. The predicted octanol–water partition coefficient (Wildman–Crippen LogP) is 1.65. The number of nitrogens with one attached hydrogen (secondary N) is 2. The summed E-state index contributed by atoms with van der Waals surface area (Å²) < 4.78 is 5.07. The Morgan fingerprint density at radius 1 is 1.19 bits per heavy atom. The summed E-state index contributed by atoms with van der Waals surface area (Å²) in [6.07, 6.45) is 1.14. The van der Waals surface area contributed by atoms with Gasteiger partial charge in [0.15, 0.2) is 0 Å². The number of carbonyl (C=O) groups is 2. The Morgan fingerprint density at radius 2 is 1.81 bits per heavy atom. The van der Waals surface area contributed by atoms with Gasteiger partial charge in [-0.2, -0.15) is 0 Å². The summed E-state index contributed by atoms with van der Waals surface area (Å²) in [6, 6.07) is 7.38. The minimum Gasteiger partial charge on any atom is -0.497 e.